The second kappa shape index (κ2) is 11.9. The molecule has 1 amide bonds. The van der Waals surface area contributed by atoms with Crippen molar-refractivity contribution in [3.8, 4) is 23.3 Å². The molecule has 0 heterocycles. The highest BCUT2D eigenvalue weighted by Gasteiger charge is 2.14. The van der Waals surface area contributed by atoms with Crippen LogP contribution in [0.1, 0.15) is 16.7 Å². The van der Waals surface area contributed by atoms with Gasteiger partial charge in [0.25, 0.3) is 5.91 Å². The quantitative estimate of drug-likeness (QED) is 0.299. The summed E-state index contributed by atoms with van der Waals surface area (Å²) >= 11 is 3.39. The Bertz CT molecular complexity index is 1250. The largest absolute Gasteiger partial charge is 0.497 e. The van der Waals surface area contributed by atoms with E-state index in [0.29, 0.717) is 28.4 Å². The zero-order chi connectivity index (χ0) is 24.5. The standard InChI is InChI=1S/C26H22BrFN2O4/c1-32-22-9-7-17(25(13-22)33-2)15-30-26(31)20(14-29)11-19-12-21(27)8-10-24(19)34-16-18-5-3-4-6-23(18)28/h3-13H,15-16H2,1-2H3,(H,30,31)/b20-11+. The summed E-state index contributed by atoms with van der Waals surface area (Å²) in [7, 11) is 3.08. The maximum atomic E-state index is 13.9. The first-order valence-electron chi connectivity index (χ1n) is 10.2. The van der Waals surface area contributed by atoms with E-state index in [-0.39, 0.29) is 24.5 Å². The molecule has 0 bridgehead atoms. The highest BCUT2D eigenvalue weighted by atomic mass is 79.9. The topological polar surface area (TPSA) is 80.6 Å². The number of rotatable bonds is 9. The first-order chi connectivity index (χ1) is 16.4. The minimum Gasteiger partial charge on any atom is -0.497 e. The summed E-state index contributed by atoms with van der Waals surface area (Å²) in [5.74, 6) is 0.659. The van der Waals surface area contributed by atoms with Crippen LogP contribution in [0.3, 0.4) is 0 Å². The molecule has 34 heavy (non-hydrogen) atoms. The summed E-state index contributed by atoms with van der Waals surface area (Å²) in [6, 6.07) is 18.6. The van der Waals surface area contributed by atoms with Gasteiger partial charge >= 0.3 is 0 Å². The van der Waals surface area contributed by atoms with E-state index in [1.54, 1.807) is 61.7 Å². The predicted molar refractivity (Wildman–Crippen MR) is 130 cm³/mol. The minimum atomic E-state index is -0.555. The number of nitriles is 1. The lowest BCUT2D eigenvalue weighted by Gasteiger charge is -2.12. The lowest BCUT2D eigenvalue weighted by molar-refractivity contribution is -0.117. The predicted octanol–water partition coefficient (Wildman–Crippen LogP) is 5.41. The van der Waals surface area contributed by atoms with Gasteiger partial charge in [0, 0.05) is 33.8 Å². The zero-order valence-electron chi connectivity index (χ0n) is 18.6. The average molecular weight is 525 g/mol. The van der Waals surface area contributed by atoms with Gasteiger partial charge < -0.3 is 19.5 Å². The Hall–Kier alpha value is -3.83. The molecular formula is C26H22BrFN2O4. The highest BCUT2D eigenvalue weighted by Crippen LogP contribution is 2.27. The molecule has 0 atom stereocenters. The van der Waals surface area contributed by atoms with E-state index in [9.17, 15) is 14.4 Å². The van der Waals surface area contributed by atoms with Gasteiger partial charge in [-0.25, -0.2) is 4.39 Å². The number of halogens is 2. The molecule has 0 aromatic heterocycles. The first-order valence-corrected chi connectivity index (χ1v) is 11.0. The fraction of sp³-hybridized carbons (Fsp3) is 0.154. The van der Waals surface area contributed by atoms with Gasteiger partial charge in [0.15, 0.2) is 0 Å². The van der Waals surface area contributed by atoms with Gasteiger partial charge in [-0.15, -0.1) is 0 Å². The number of amides is 1. The van der Waals surface area contributed by atoms with E-state index < -0.39 is 5.91 Å². The summed E-state index contributed by atoms with van der Waals surface area (Å²) < 4.78 is 31.0. The zero-order valence-corrected chi connectivity index (χ0v) is 20.2. The van der Waals surface area contributed by atoms with Crippen molar-refractivity contribution in [3.63, 3.8) is 0 Å². The van der Waals surface area contributed by atoms with Crippen LogP contribution >= 0.6 is 15.9 Å². The van der Waals surface area contributed by atoms with Crippen LogP contribution in [0.15, 0.2) is 70.7 Å². The van der Waals surface area contributed by atoms with Gasteiger partial charge in [-0.3, -0.25) is 4.79 Å². The van der Waals surface area contributed by atoms with E-state index in [1.165, 1.54) is 19.3 Å². The Morgan fingerprint density at radius 2 is 1.85 bits per heavy atom. The summed E-state index contributed by atoms with van der Waals surface area (Å²) in [4.78, 5) is 12.7. The SMILES string of the molecule is COc1ccc(CNC(=O)/C(C#N)=C/c2cc(Br)ccc2OCc2ccccc2F)c(OC)c1. The second-order valence-electron chi connectivity index (χ2n) is 7.09. The van der Waals surface area contributed by atoms with E-state index in [0.717, 1.165) is 10.0 Å². The molecule has 6 nitrogen and oxygen atoms in total. The molecule has 3 rings (SSSR count). The molecule has 0 aliphatic heterocycles. The number of hydrogen-bond donors (Lipinski definition) is 1. The molecule has 0 unspecified atom stereocenters. The normalized spacial score (nSPS) is 10.9. The number of benzene rings is 3. The van der Waals surface area contributed by atoms with E-state index >= 15 is 0 Å². The summed E-state index contributed by atoms with van der Waals surface area (Å²) in [6.07, 6.45) is 1.43. The van der Waals surface area contributed by atoms with Crippen LogP contribution < -0.4 is 19.5 Å². The molecule has 0 radical (unpaired) electrons. The molecular weight excluding hydrogens is 503 g/mol. The van der Waals surface area contributed by atoms with Gasteiger partial charge in [-0.05, 0) is 42.5 Å². The van der Waals surface area contributed by atoms with Crippen molar-refractivity contribution in [1.82, 2.24) is 5.32 Å². The van der Waals surface area contributed by atoms with Crippen LogP contribution in [0, 0.1) is 17.1 Å². The van der Waals surface area contributed by atoms with Crippen molar-refractivity contribution in [1.29, 1.82) is 5.26 Å². The van der Waals surface area contributed by atoms with Gasteiger partial charge in [0.1, 0.15) is 41.3 Å². The number of ether oxygens (including phenoxy) is 3. The Morgan fingerprint density at radius 1 is 1.06 bits per heavy atom. The summed E-state index contributed by atoms with van der Waals surface area (Å²) in [5.41, 5.74) is 1.51. The Labute approximate surface area is 205 Å². The van der Waals surface area contributed by atoms with E-state index in [2.05, 4.69) is 21.2 Å². The molecule has 3 aromatic rings. The van der Waals surface area contributed by atoms with Crippen molar-refractivity contribution >= 4 is 27.9 Å². The number of nitrogens with zero attached hydrogens (tertiary/aromatic N) is 1. The maximum Gasteiger partial charge on any atom is 0.262 e. The Morgan fingerprint density at radius 3 is 2.56 bits per heavy atom. The lowest BCUT2D eigenvalue weighted by Crippen LogP contribution is -2.24. The minimum absolute atomic E-state index is 0.000489. The smallest absolute Gasteiger partial charge is 0.262 e. The molecule has 0 saturated carbocycles. The number of hydrogen-bond acceptors (Lipinski definition) is 5. The van der Waals surface area contributed by atoms with E-state index in [1.807, 2.05) is 6.07 Å². The van der Waals surface area contributed by atoms with Gasteiger partial charge in [0.05, 0.1) is 14.2 Å². The number of carbonyl (C=O) groups excluding carboxylic acids is 1. The van der Waals surface area contributed by atoms with Gasteiger partial charge in [-0.1, -0.05) is 34.1 Å². The third kappa shape index (κ3) is 6.36. The Kier molecular flexibility index (Phi) is 8.66. The van der Waals surface area contributed by atoms with Crippen LogP contribution in [0.5, 0.6) is 17.2 Å². The monoisotopic (exact) mass is 524 g/mol. The Balaban J connectivity index is 1.78. The lowest BCUT2D eigenvalue weighted by atomic mass is 10.1. The maximum absolute atomic E-state index is 13.9. The fourth-order valence-corrected chi connectivity index (χ4v) is 3.49. The molecule has 8 heteroatoms. The third-order valence-electron chi connectivity index (χ3n) is 4.91. The summed E-state index contributed by atoms with van der Waals surface area (Å²) in [5, 5.41) is 12.3. The van der Waals surface area contributed by atoms with Crippen LogP contribution in [0.2, 0.25) is 0 Å². The molecule has 0 aliphatic rings. The van der Waals surface area contributed by atoms with Gasteiger partial charge in [-0.2, -0.15) is 5.26 Å². The van der Waals surface area contributed by atoms with Crippen molar-refractivity contribution in [2.75, 3.05) is 14.2 Å². The molecule has 0 fully saturated rings. The molecule has 174 valence electrons. The second-order valence-corrected chi connectivity index (χ2v) is 8.01. The van der Waals surface area contributed by atoms with Crippen molar-refractivity contribution < 1.29 is 23.4 Å². The van der Waals surface area contributed by atoms with Crippen LogP contribution in [-0.4, -0.2) is 20.1 Å². The molecule has 0 aliphatic carbocycles. The summed E-state index contributed by atoms with van der Waals surface area (Å²) in [6.45, 7) is 0.153. The first kappa shape index (κ1) is 24.8. The van der Waals surface area contributed by atoms with Crippen LogP contribution in [-0.2, 0) is 17.9 Å². The number of nitrogens with one attached hydrogen (secondary N) is 1. The average Bonchev–Trinajstić information content (AvgIpc) is 2.86. The number of methoxy groups -OCH3 is 2. The van der Waals surface area contributed by atoms with Crippen molar-refractivity contribution in [3.05, 3.63) is 93.2 Å². The van der Waals surface area contributed by atoms with E-state index in [4.69, 9.17) is 14.2 Å². The molecule has 0 spiro atoms. The fourth-order valence-electron chi connectivity index (χ4n) is 3.11. The van der Waals surface area contributed by atoms with Crippen molar-refractivity contribution in [2.24, 2.45) is 0 Å². The molecule has 3 aromatic carbocycles. The third-order valence-corrected chi connectivity index (χ3v) is 5.40. The highest BCUT2D eigenvalue weighted by molar-refractivity contribution is 9.10. The van der Waals surface area contributed by atoms with Gasteiger partial charge in [0.2, 0.25) is 0 Å². The number of carbonyl (C=O) groups is 1. The van der Waals surface area contributed by atoms with Crippen LogP contribution in [0.25, 0.3) is 6.08 Å². The molecule has 1 N–H and O–H groups in total. The van der Waals surface area contributed by atoms with Crippen LogP contribution in [0.4, 0.5) is 4.39 Å². The van der Waals surface area contributed by atoms with Crippen molar-refractivity contribution in [2.45, 2.75) is 13.2 Å². The molecule has 0 saturated heterocycles.